The molecule has 0 N–H and O–H groups in total. The van der Waals surface area contributed by atoms with Gasteiger partial charge < -0.3 is 9.64 Å². The first-order valence-corrected chi connectivity index (χ1v) is 8.52. The minimum absolute atomic E-state index is 0.351. The number of nitriles is 1. The van der Waals surface area contributed by atoms with Crippen LogP contribution in [-0.2, 0) is 22.9 Å². The summed E-state index contributed by atoms with van der Waals surface area (Å²) >= 11 is 0. The Morgan fingerprint density at radius 3 is 2.73 bits per heavy atom. The van der Waals surface area contributed by atoms with Gasteiger partial charge in [-0.25, -0.2) is 0 Å². The van der Waals surface area contributed by atoms with Crippen molar-refractivity contribution in [3.05, 3.63) is 64.7 Å². The molecule has 6 heteroatoms. The number of nitrogens with zero attached hydrogens (tertiary/aromatic N) is 2. The number of benzene rings is 2. The summed E-state index contributed by atoms with van der Waals surface area (Å²) in [6, 6.07) is 13.6. The van der Waals surface area contributed by atoms with E-state index >= 15 is 0 Å². The summed E-state index contributed by atoms with van der Waals surface area (Å²) in [5, 5.41) is 8.98. The Labute approximate surface area is 149 Å². The maximum Gasteiger partial charge on any atom is 0.417 e. The van der Waals surface area contributed by atoms with Gasteiger partial charge in [-0.05, 0) is 42.2 Å². The molecule has 0 radical (unpaired) electrons. The Bertz CT molecular complexity index is 883. The van der Waals surface area contributed by atoms with Crippen molar-refractivity contribution in [1.82, 2.24) is 0 Å². The average molecular weight is 358 g/mol. The quantitative estimate of drug-likeness (QED) is 0.764. The number of halogens is 3. The van der Waals surface area contributed by atoms with Crippen molar-refractivity contribution in [2.75, 3.05) is 24.6 Å². The molecular formula is C20H17F3N2O. The molecule has 1 spiro atoms. The second-order valence-electron chi connectivity index (χ2n) is 6.76. The molecule has 1 atom stereocenters. The highest BCUT2D eigenvalue weighted by Crippen LogP contribution is 2.43. The van der Waals surface area contributed by atoms with Gasteiger partial charge in [0.1, 0.15) is 5.60 Å². The zero-order valence-corrected chi connectivity index (χ0v) is 14.0. The van der Waals surface area contributed by atoms with Gasteiger partial charge in [-0.2, -0.15) is 18.4 Å². The topological polar surface area (TPSA) is 36.3 Å². The smallest absolute Gasteiger partial charge is 0.367 e. The maximum absolute atomic E-state index is 13.3. The third kappa shape index (κ3) is 2.73. The van der Waals surface area contributed by atoms with Crippen molar-refractivity contribution < 1.29 is 17.9 Å². The van der Waals surface area contributed by atoms with Crippen LogP contribution < -0.4 is 4.90 Å². The van der Waals surface area contributed by atoms with E-state index in [0.29, 0.717) is 25.4 Å². The van der Waals surface area contributed by atoms with E-state index in [9.17, 15) is 13.2 Å². The van der Waals surface area contributed by atoms with Gasteiger partial charge in [-0.15, -0.1) is 0 Å². The Morgan fingerprint density at radius 1 is 1.15 bits per heavy atom. The number of rotatable bonds is 1. The monoisotopic (exact) mass is 358 g/mol. The highest BCUT2D eigenvalue weighted by atomic mass is 19.4. The van der Waals surface area contributed by atoms with Crippen LogP contribution in [0.4, 0.5) is 18.9 Å². The SMILES string of the molecule is N#Cc1ccc(N2CCOC3(CCc4ccccc43)C2)cc1C(F)(F)F. The zero-order chi connectivity index (χ0) is 18.4. The summed E-state index contributed by atoms with van der Waals surface area (Å²) in [5.41, 5.74) is 1.14. The van der Waals surface area contributed by atoms with Crippen LogP contribution in [0.1, 0.15) is 28.7 Å². The molecule has 1 unspecified atom stereocenters. The van der Waals surface area contributed by atoms with Crippen molar-refractivity contribution >= 4 is 5.69 Å². The standard InChI is InChI=1S/C20H17F3N2O/c21-20(22,23)18-11-16(6-5-15(18)12-24)25-9-10-26-19(13-25)8-7-14-3-1-2-4-17(14)19/h1-6,11H,7-10,13H2. The van der Waals surface area contributed by atoms with E-state index in [-0.39, 0.29) is 5.56 Å². The van der Waals surface area contributed by atoms with E-state index < -0.39 is 17.3 Å². The third-order valence-electron chi connectivity index (χ3n) is 5.29. The summed E-state index contributed by atoms with van der Waals surface area (Å²) in [5.74, 6) is 0. The number of anilines is 1. The highest BCUT2D eigenvalue weighted by Gasteiger charge is 2.43. The van der Waals surface area contributed by atoms with Crippen molar-refractivity contribution in [2.45, 2.75) is 24.6 Å². The lowest BCUT2D eigenvalue weighted by Crippen LogP contribution is -2.49. The molecule has 1 fully saturated rings. The molecule has 2 aliphatic rings. The highest BCUT2D eigenvalue weighted by molar-refractivity contribution is 5.56. The number of aryl methyl sites for hydroxylation is 1. The molecule has 4 rings (SSSR count). The number of hydrogen-bond acceptors (Lipinski definition) is 3. The molecule has 1 heterocycles. The lowest BCUT2D eigenvalue weighted by molar-refractivity contribution is -0.137. The van der Waals surface area contributed by atoms with Gasteiger partial charge in [0.15, 0.2) is 0 Å². The molecular weight excluding hydrogens is 341 g/mol. The Balaban J connectivity index is 1.69. The van der Waals surface area contributed by atoms with Gasteiger partial charge in [0.2, 0.25) is 0 Å². The number of hydrogen-bond donors (Lipinski definition) is 0. The second-order valence-corrected chi connectivity index (χ2v) is 6.76. The fourth-order valence-corrected chi connectivity index (χ4v) is 4.03. The van der Waals surface area contributed by atoms with Gasteiger partial charge in [0, 0.05) is 12.2 Å². The molecule has 0 saturated carbocycles. The van der Waals surface area contributed by atoms with E-state index in [1.54, 1.807) is 12.1 Å². The molecule has 1 saturated heterocycles. The Hall–Kier alpha value is -2.52. The predicted octanol–water partition coefficient (Wildman–Crippen LogP) is 4.26. The number of alkyl halides is 3. The first-order chi connectivity index (χ1) is 12.4. The zero-order valence-electron chi connectivity index (χ0n) is 14.0. The molecule has 3 nitrogen and oxygen atoms in total. The molecule has 0 aromatic heterocycles. The maximum atomic E-state index is 13.3. The van der Waals surface area contributed by atoms with Crippen LogP contribution >= 0.6 is 0 Å². The molecule has 0 bridgehead atoms. The summed E-state index contributed by atoms with van der Waals surface area (Å²) in [6.45, 7) is 1.48. The molecule has 134 valence electrons. The molecule has 1 aliphatic heterocycles. The lowest BCUT2D eigenvalue weighted by Gasteiger charge is -2.42. The summed E-state index contributed by atoms with van der Waals surface area (Å²) in [6.07, 6.45) is -2.82. The van der Waals surface area contributed by atoms with Crippen molar-refractivity contribution in [3.8, 4) is 6.07 Å². The van der Waals surface area contributed by atoms with Gasteiger partial charge in [-0.1, -0.05) is 24.3 Å². The average Bonchev–Trinajstić information content (AvgIpc) is 2.99. The van der Waals surface area contributed by atoms with E-state index in [2.05, 4.69) is 6.07 Å². The first kappa shape index (κ1) is 16.9. The lowest BCUT2D eigenvalue weighted by atomic mass is 9.93. The molecule has 2 aromatic carbocycles. The van der Waals surface area contributed by atoms with Crippen molar-refractivity contribution in [2.24, 2.45) is 0 Å². The minimum Gasteiger partial charge on any atom is -0.367 e. The predicted molar refractivity (Wildman–Crippen MR) is 90.8 cm³/mol. The van der Waals surface area contributed by atoms with Crippen LogP contribution in [0.3, 0.4) is 0 Å². The summed E-state index contributed by atoms with van der Waals surface area (Å²) in [4.78, 5) is 1.93. The summed E-state index contributed by atoms with van der Waals surface area (Å²) in [7, 11) is 0. The molecule has 0 amide bonds. The van der Waals surface area contributed by atoms with Crippen LogP contribution in [0, 0.1) is 11.3 Å². The van der Waals surface area contributed by atoms with Gasteiger partial charge in [0.05, 0.1) is 30.3 Å². The number of ether oxygens (including phenoxy) is 1. The normalized spacial score (nSPS) is 22.3. The molecule has 26 heavy (non-hydrogen) atoms. The minimum atomic E-state index is -4.55. The van der Waals surface area contributed by atoms with Crippen molar-refractivity contribution in [3.63, 3.8) is 0 Å². The molecule has 2 aromatic rings. The molecule has 1 aliphatic carbocycles. The second kappa shape index (κ2) is 6.03. The number of fused-ring (bicyclic) bond motifs is 2. The van der Waals surface area contributed by atoms with Crippen LogP contribution in [0.25, 0.3) is 0 Å². The van der Waals surface area contributed by atoms with Crippen molar-refractivity contribution in [1.29, 1.82) is 5.26 Å². The fraction of sp³-hybridized carbons (Fsp3) is 0.350. The number of morpholine rings is 1. The van der Waals surface area contributed by atoms with Crippen LogP contribution in [-0.4, -0.2) is 19.7 Å². The van der Waals surface area contributed by atoms with Gasteiger partial charge in [-0.3, -0.25) is 0 Å². The largest absolute Gasteiger partial charge is 0.417 e. The Morgan fingerprint density at radius 2 is 1.96 bits per heavy atom. The van der Waals surface area contributed by atoms with Crippen LogP contribution in [0.5, 0.6) is 0 Å². The van der Waals surface area contributed by atoms with Gasteiger partial charge >= 0.3 is 6.18 Å². The third-order valence-corrected chi connectivity index (χ3v) is 5.29. The fourth-order valence-electron chi connectivity index (χ4n) is 4.03. The Kier molecular flexibility index (Phi) is 3.92. The summed E-state index contributed by atoms with van der Waals surface area (Å²) < 4.78 is 46.0. The van der Waals surface area contributed by atoms with Crippen LogP contribution in [0.2, 0.25) is 0 Å². The van der Waals surface area contributed by atoms with E-state index in [0.717, 1.165) is 24.5 Å². The van der Waals surface area contributed by atoms with E-state index in [1.165, 1.54) is 11.6 Å². The van der Waals surface area contributed by atoms with E-state index in [4.69, 9.17) is 10.00 Å². The van der Waals surface area contributed by atoms with E-state index in [1.807, 2.05) is 23.1 Å². The van der Waals surface area contributed by atoms with Crippen LogP contribution in [0.15, 0.2) is 42.5 Å². The first-order valence-electron chi connectivity index (χ1n) is 8.52. The van der Waals surface area contributed by atoms with Gasteiger partial charge in [0.25, 0.3) is 0 Å².